The van der Waals surface area contributed by atoms with Crippen LogP contribution in [0, 0.1) is 19.3 Å². The summed E-state index contributed by atoms with van der Waals surface area (Å²) in [7, 11) is 0. The highest BCUT2D eigenvalue weighted by Gasteiger charge is 2.04. The maximum Gasteiger partial charge on any atom is 0.149 e. The smallest absolute Gasteiger partial charge is 0.149 e. The number of hydrogen-bond donors (Lipinski definition) is 1. The minimum atomic E-state index is 0. The number of aromatic nitrogens is 2. The molecule has 0 fully saturated rings. The molecular weight excluding hydrogens is 222 g/mol. The van der Waals surface area contributed by atoms with Gasteiger partial charge in [-0.15, -0.1) is 5.10 Å². The fraction of sp³-hybridized carbons (Fsp3) is 0.733. The second-order valence-electron chi connectivity index (χ2n) is 5.55. The van der Waals surface area contributed by atoms with Crippen LogP contribution < -0.4 is 5.73 Å². The SMILES string of the molecule is C.CCC(C)(C)C.CCc1nnc(N)c(C)c1C. The number of nitrogens with zero attached hydrogens (tertiary/aromatic N) is 2. The molecule has 106 valence electrons. The van der Waals surface area contributed by atoms with Gasteiger partial charge in [0.1, 0.15) is 5.82 Å². The molecule has 18 heavy (non-hydrogen) atoms. The van der Waals surface area contributed by atoms with Gasteiger partial charge in [0.05, 0.1) is 5.69 Å². The van der Waals surface area contributed by atoms with E-state index in [-0.39, 0.29) is 7.43 Å². The van der Waals surface area contributed by atoms with Gasteiger partial charge in [-0.2, -0.15) is 5.10 Å². The second kappa shape index (κ2) is 8.06. The van der Waals surface area contributed by atoms with E-state index in [9.17, 15) is 0 Å². The fourth-order valence-corrected chi connectivity index (χ4v) is 1.01. The Morgan fingerprint density at radius 3 is 1.78 bits per heavy atom. The van der Waals surface area contributed by atoms with E-state index in [0.29, 0.717) is 11.2 Å². The van der Waals surface area contributed by atoms with Gasteiger partial charge in [0.15, 0.2) is 0 Å². The summed E-state index contributed by atoms with van der Waals surface area (Å²) in [6.07, 6.45) is 2.19. The summed E-state index contributed by atoms with van der Waals surface area (Å²) in [6.45, 7) is 15.0. The van der Waals surface area contributed by atoms with Crippen molar-refractivity contribution in [3.8, 4) is 0 Å². The maximum absolute atomic E-state index is 5.57. The number of rotatable bonds is 1. The third-order valence-corrected chi connectivity index (χ3v) is 3.05. The number of anilines is 1. The minimum Gasteiger partial charge on any atom is -0.382 e. The van der Waals surface area contributed by atoms with E-state index >= 15 is 0 Å². The summed E-state index contributed by atoms with van der Waals surface area (Å²) < 4.78 is 0. The zero-order valence-electron chi connectivity index (χ0n) is 12.4. The van der Waals surface area contributed by atoms with Crippen LogP contribution in [-0.4, -0.2) is 10.2 Å². The van der Waals surface area contributed by atoms with Gasteiger partial charge >= 0.3 is 0 Å². The topological polar surface area (TPSA) is 51.8 Å². The highest BCUT2D eigenvalue weighted by Crippen LogP contribution is 2.16. The van der Waals surface area contributed by atoms with Crippen molar-refractivity contribution >= 4 is 5.82 Å². The first-order valence-electron chi connectivity index (χ1n) is 6.31. The molecular formula is C15H31N3. The molecule has 0 amide bonds. The second-order valence-corrected chi connectivity index (χ2v) is 5.55. The molecule has 0 aliphatic rings. The molecule has 0 spiro atoms. The van der Waals surface area contributed by atoms with E-state index in [1.807, 2.05) is 13.8 Å². The molecule has 0 bridgehead atoms. The van der Waals surface area contributed by atoms with Crippen molar-refractivity contribution in [3.05, 3.63) is 16.8 Å². The van der Waals surface area contributed by atoms with Crippen LogP contribution in [0.4, 0.5) is 5.82 Å². The van der Waals surface area contributed by atoms with E-state index in [2.05, 4.69) is 44.8 Å². The van der Waals surface area contributed by atoms with E-state index in [1.54, 1.807) is 0 Å². The van der Waals surface area contributed by atoms with E-state index < -0.39 is 0 Å². The van der Waals surface area contributed by atoms with E-state index in [4.69, 9.17) is 5.73 Å². The first-order valence-corrected chi connectivity index (χ1v) is 6.31. The van der Waals surface area contributed by atoms with Gasteiger partial charge in [0.25, 0.3) is 0 Å². The van der Waals surface area contributed by atoms with Crippen LogP contribution in [0.1, 0.15) is 65.3 Å². The van der Waals surface area contributed by atoms with Crippen LogP contribution in [0.2, 0.25) is 0 Å². The number of nitrogen functional groups attached to an aromatic ring is 1. The third-order valence-electron chi connectivity index (χ3n) is 3.05. The minimum absolute atomic E-state index is 0. The van der Waals surface area contributed by atoms with E-state index in [0.717, 1.165) is 17.7 Å². The summed E-state index contributed by atoms with van der Waals surface area (Å²) in [5, 5.41) is 7.82. The molecule has 2 N–H and O–H groups in total. The van der Waals surface area contributed by atoms with Gasteiger partial charge in [-0.25, -0.2) is 0 Å². The lowest BCUT2D eigenvalue weighted by atomic mass is 9.94. The summed E-state index contributed by atoms with van der Waals surface area (Å²) in [5.41, 5.74) is 9.37. The van der Waals surface area contributed by atoms with Gasteiger partial charge in [-0.3, -0.25) is 0 Å². The molecule has 0 saturated heterocycles. The Kier molecular flexibility index (Phi) is 8.61. The fourth-order valence-electron chi connectivity index (χ4n) is 1.01. The summed E-state index contributed by atoms with van der Waals surface area (Å²) in [6, 6.07) is 0. The zero-order chi connectivity index (χ0) is 13.6. The summed E-state index contributed by atoms with van der Waals surface area (Å²) in [5.74, 6) is 0.541. The Labute approximate surface area is 113 Å². The van der Waals surface area contributed by atoms with E-state index in [1.165, 1.54) is 12.0 Å². The lowest BCUT2D eigenvalue weighted by Gasteiger charge is -2.12. The Balaban J connectivity index is 0. The molecule has 1 heterocycles. The predicted molar refractivity (Wildman–Crippen MR) is 81.8 cm³/mol. The van der Waals surface area contributed by atoms with Crippen LogP contribution >= 0.6 is 0 Å². The van der Waals surface area contributed by atoms with Crippen molar-refractivity contribution in [1.29, 1.82) is 0 Å². The maximum atomic E-state index is 5.57. The average molecular weight is 253 g/mol. The number of nitrogens with two attached hydrogens (primary N) is 1. The van der Waals surface area contributed by atoms with Crippen LogP contribution in [0.15, 0.2) is 0 Å². The van der Waals surface area contributed by atoms with Gasteiger partial charge in [0.2, 0.25) is 0 Å². The zero-order valence-corrected chi connectivity index (χ0v) is 12.4. The van der Waals surface area contributed by atoms with Crippen molar-refractivity contribution in [2.45, 2.75) is 68.7 Å². The molecule has 3 heteroatoms. The van der Waals surface area contributed by atoms with Crippen molar-refractivity contribution in [1.82, 2.24) is 10.2 Å². The first kappa shape index (κ1) is 19.2. The highest BCUT2D eigenvalue weighted by atomic mass is 15.1. The third kappa shape index (κ3) is 6.58. The largest absolute Gasteiger partial charge is 0.382 e. The number of hydrogen-bond acceptors (Lipinski definition) is 3. The Morgan fingerprint density at radius 1 is 1.00 bits per heavy atom. The molecule has 0 aliphatic carbocycles. The van der Waals surface area contributed by atoms with Gasteiger partial charge in [-0.1, -0.05) is 48.5 Å². The van der Waals surface area contributed by atoms with Crippen LogP contribution in [0.5, 0.6) is 0 Å². The Hall–Kier alpha value is -1.12. The monoisotopic (exact) mass is 253 g/mol. The molecule has 0 aromatic carbocycles. The van der Waals surface area contributed by atoms with Crippen molar-refractivity contribution in [2.75, 3.05) is 5.73 Å². The molecule has 0 radical (unpaired) electrons. The van der Waals surface area contributed by atoms with Crippen LogP contribution in [-0.2, 0) is 6.42 Å². The Bertz CT molecular complexity index is 351. The standard InChI is InChI=1S/C8H13N3.C6H14.CH4/c1-4-7-5(2)6(3)8(9)11-10-7;1-5-6(2,3)4;/h4H2,1-3H3,(H2,9,11);5H2,1-4H3;1H4. The van der Waals surface area contributed by atoms with Crippen LogP contribution in [0.3, 0.4) is 0 Å². The first-order chi connectivity index (χ1) is 7.72. The number of aryl methyl sites for hydroxylation is 1. The quantitative estimate of drug-likeness (QED) is 0.811. The summed E-state index contributed by atoms with van der Waals surface area (Å²) in [4.78, 5) is 0. The molecule has 3 nitrogen and oxygen atoms in total. The lowest BCUT2D eigenvalue weighted by molar-refractivity contribution is 0.398. The van der Waals surface area contributed by atoms with Crippen molar-refractivity contribution in [2.24, 2.45) is 5.41 Å². The molecule has 0 atom stereocenters. The highest BCUT2D eigenvalue weighted by molar-refractivity contribution is 5.43. The molecule has 0 unspecified atom stereocenters. The normalized spacial score (nSPS) is 10.2. The molecule has 1 rings (SSSR count). The predicted octanol–water partition coefficient (Wildman–Crippen LogP) is 4.32. The molecule has 1 aromatic heterocycles. The van der Waals surface area contributed by atoms with Crippen molar-refractivity contribution in [3.63, 3.8) is 0 Å². The van der Waals surface area contributed by atoms with Gasteiger partial charge in [0, 0.05) is 0 Å². The molecule has 0 aliphatic heterocycles. The van der Waals surface area contributed by atoms with Gasteiger partial charge < -0.3 is 5.73 Å². The molecule has 1 aromatic rings. The van der Waals surface area contributed by atoms with Gasteiger partial charge in [-0.05, 0) is 36.8 Å². The summed E-state index contributed by atoms with van der Waals surface area (Å²) >= 11 is 0. The average Bonchev–Trinajstić information content (AvgIpc) is 2.26. The molecule has 0 saturated carbocycles. The Morgan fingerprint density at radius 2 is 1.44 bits per heavy atom. The lowest BCUT2D eigenvalue weighted by Crippen LogP contribution is -2.03. The van der Waals surface area contributed by atoms with Crippen molar-refractivity contribution < 1.29 is 0 Å². The van der Waals surface area contributed by atoms with Crippen LogP contribution in [0.25, 0.3) is 0 Å².